The van der Waals surface area contributed by atoms with Crippen LogP contribution in [0.5, 0.6) is 0 Å². The maximum atomic E-state index is 14.3. The Hall–Kier alpha value is -3.48. The third-order valence-corrected chi connectivity index (χ3v) is 7.97. The van der Waals surface area contributed by atoms with Crippen molar-refractivity contribution in [3.05, 3.63) is 70.5 Å². The van der Waals surface area contributed by atoms with Crippen LogP contribution in [0.1, 0.15) is 49.1 Å². The normalized spacial score (nSPS) is 24.2. The maximum absolute atomic E-state index is 14.3. The van der Waals surface area contributed by atoms with Crippen LogP contribution in [-0.4, -0.2) is 75.9 Å². The molecule has 37 heavy (non-hydrogen) atoms. The van der Waals surface area contributed by atoms with E-state index in [1.54, 1.807) is 17.9 Å². The summed E-state index contributed by atoms with van der Waals surface area (Å²) in [5, 5.41) is 20.2. The third kappa shape index (κ3) is 4.79. The van der Waals surface area contributed by atoms with E-state index >= 15 is 0 Å². The highest BCUT2D eigenvalue weighted by Gasteiger charge is 2.60. The number of fused-ring (bicyclic) bond motifs is 1. The highest BCUT2D eigenvalue weighted by molar-refractivity contribution is 5.68. The first-order valence-electron chi connectivity index (χ1n) is 12.5. The molecule has 2 aliphatic heterocycles. The van der Waals surface area contributed by atoms with Gasteiger partial charge >= 0.3 is 12.2 Å². The second-order valence-electron chi connectivity index (χ2n) is 10.9. The van der Waals surface area contributed by atoms with Gasteiger partial charge in [-0.25, -0.2) is 13.7 Å². The Morgan fingerprint density at radius 2 is 1.86 bits per heavy atom. The van der Waals surface area contributed by atoms with Crippen LogP contribution in [0.4, 0.5) is 14.0 Å². The van der Waals surface area contributed by atoms with Gasteiger partial charge in [0.2, 0.25) is 0 Å². The van der Waals surface area contributed by atoms with E-state index in [4.69, 9.17) is 4.74 Å². The standard InChI is InChI=1S/C28H33FN4O4/c1-19-22(10-11-24(29)23(19)14-30)25-16-31-12-13-32(26(34)37-18-20-8-6-5-7-9-20)15-21(31)17-33(25,27(35)36)28(2,3)4/h5-11,21,25H,12-13,15-18H2,1-4H3/p+1/t21-,25-,33?/m0/s1. The lowest BCUT2D eigenvalue weighted by atomic mass is 9.85. The minimum absolute atomic E-state index is 0.0528. The highest BCUT2D eigenvalue weighted by Crippen LogP contribution is 2.44. The first-order valence-corrected chi connectivity index (χ1v) is 12.5. The summed E-state index contributed by atoms with van der Waals surface area (Å²) in [5.74, 6) is -0.607. The number of quaternary nitrogens is 1. The molecule has 2 amide bonds. The van der Waals surface area contributed by atoms with E-state index in [0.717, 1.165) is 5.56 Å². The number of halogens is 1. The number of nitrogens with zero attached hydrogens (tertiary/aromatic N) is 4. The molecule has 2 heterocycles. The van der Waals surface area contributed by atoms with Crippen molar-refractivity contribution in [1.82, 2.24) is 9.80 Å². The van der Waals surface area contributed by atoms with Gasteiger partial charge in [0.25, 0.3) is 0 Å². The monoisotopic (exact) mass is 509 g/mol. The molecule has 1 unspecified atom stereocenters. The third-order valence-electron chi connectivity index (χ3n) is 7.97. The number of hydrogen-bond donors (Lipinski definition) is 1. The molecule has 0 saturated carbocycles. The average molecular weight is 510 g/mol. The predicted molar refractivity (Wildman–Crippen MR) is 135 cm³/mol. The summed E-state index contributed by atoms with van der Waals surface area (Å²) in [5.41, 5.74) is 1.27. The summed E-state index contributed by atoms with van der Waals surface area (Å²) in [6.07, 6.45) is -1.40. The summed E-state index contributed by atoms with van der Waals surface area (Å²) >= 11 is 0. The molecule has 0 bridgehead atoms. The summed E-state index contributed by atoms with van der Waals surface area (Å²) in [7, 11) is 0. The van der Waals surface area contributed by atoms with E-state index < -0.39 is 29.6 Å². The molecule has 9 heteroatoms. The van der Waals surface area contributed by atoms with Crippen molar-refractivity contribution in [3.63, 3.8) is 0 Å². The van der Waals surface area contributed by atoms with Gasteiger partial charge in [0.15, 0.2) is 0 Å². The smallest absolute Gasteiger partial charge is 0.445 e. The lowest BCUT2D eigenvalue weighted by Crippen LogP contribution is -2.75. The zero-order valence-electron chi connectivity index (χ0n) is 21.8. The van der Waals surface area contributed by atoms with Crippen LogP contribution in [0.15, 0.2) is 42.5 Å². The van der Waals surface area contributed by atoms with Crippen LogP contribution < -0.4 is 0 Å². The van der Waals surface area contributed by atoms with Crippen molar-refractivity contribution in [2.75, 3.05) is 32.7 Å². The van der Waals surface area contributed by atoms with Crippen LogP contribution >= 0.6 is 0 Å². The lowest BCUT2D eigenvalue weighted by molar-refractivity contribution is -0.939. The Balaban J connectivity index is 1.63. The summed E-state index contributed by atoms with van der Waals surface area (Å²) in [6, 6.07) is 13.6. The van der Waals surface area contributed by atoms with E-state index in [0.29, 0.717) is 37.3 Å². The van der Waals surface area contributed by atoms with Crippen molar-refractivity contribution in [3.8, 4) is 6.07 Å². The summed E-state index contributed by atoms with van der Waals surface area (Å²) in [4.78, 5) is 29.8. The van der Waals surface area contributed by atoms with Gasteiger partial charge in [0, 0.05) is 25.2 Å². The minimum atomic E-state index is -0.983. The fourth-order valence-corrected chi connectivity index (χ4v) is 5.87. The van der Waals surface area contributed by atoms with Crippen LogP contribution in [0.2, 0.25) is 0 Å². The van der Waals surface area contributed by atoms with Crippen molar-refractivity contribution in [2.45, 2.75) is 51.9 Å². The maximum Gasteiger partial charge on any atom is 0.514 e. The van der Waals surface area contributed by atoms with Crippen molar-refractivity contribution < 1.29 is 28.3 Å². The topological polar surface area (TPSA) is 93.9 Å². The SMILES string of the molecule is Cc1c([C@@H]2CN3CCN(C(=O)OCc4ccccc4)C[C@H]3C[N+]2(C(=O)O)C(C)(C)C)ccc(F)c1C#N. The van der Waals surface area contributed by atoms with Crippen LogP contribution in [0.3, 0.4) is 0 Å². The number of hydrogen-bond acceptors (Lipinski definition) is 5. The zero-order valence-corrected chi connectivity index (χ0v) is 21.8. The van der Waals surface area contributed by atoms with Crippen molar-refractivity contribution in [1.29, 1.82) is 5.26 Å². The van der Waals surface area contributed by atoms with Crippen molar-refractivity contribution in [2.24, 2.45) is 0 Å². The molecule has 2 fully saturated rings. The molecule has 0 spiro atoms. The first-order chi connectivity index (χ1) is 17.5. The first kappa shape index (κ1) is 26.6. The average Bonchev–Trinajstić information content (AvgIpc) is 2.86. The quantitative estimate of drug-likeness (QED) is 0.604. The number of nitriles is 1. The fourth-order valence-electron chi connectivity index (χ4n) is 5.87. The number of carboxylic acid groups (broad SMARTS) is 1. The van der Waals surface area contributed by atoms with Gasteiger partial charge < -0.3 is 14.7 Å². The number of rotatable bonds is 3. The van der Waals surface area contributed by atoms with Gasteiger partial charge in [0.05, 0.1) is 18.2 Å². The number of carbonyl (C=O) groups excluding carboxylic acids is 1. The van der Waals surface area contributed by atoms with Gasteiger partial charge in [-0.2, -0.15) is 10.1 Å². The van der Waals surface area contributed by atoms with E-state index in [2.05, 4.69) is 4.90 Å². The molecule has 2 aromatic rings. The molecule has 196 valence electrons. The number of piperazine rings is 2. The van der Waals surface area contributed by atoms with E-state index in [-0.39, 0.29) is 29.2 Å². The summed E-state index contributed by atoms with van der Waals surface area (Å²) in [6.45, 7) is 9.59. The Morgan fingerprint density at radius 1 is 1.16 bits per heavy atom. The second kappa shape index (κ2) is 10.1. The van der Waals surface area contributed by atoms with E-state index in [1.807, 2.05) is 57.2 Å². The molecular formula is C28H34FN4O4+. The number of benzene rings is 2. The molecule has 8 nitrogen and oxygen atoms in total. The molecule has 1 N–H and O–H groups in total. The molecular weight excluding hydrogens is 475 g/mol. The predicted octanol–water partition coefficient (Wildman–Crippen LogP) is 4.68. The summed E-state index contributed by atoms with van der Waals surface area (Å²) < 4.78 is 19.6. The molecule has 2 saturated heterocycles. The van der Waals surface area contributed by atoms with Gasteiger partial charge in [-0.05, 0) is 51.0 Å². The second-order valence-corrected chi connectivity index (χ2v) is 10.9. The Bertz CT molecular complexity index is 1220. The molecule has 2 aliphatic rings. The largest absolute Gasteiger partial charge is 0.514 e. The van der Waals surface area contributed by atoms with Crippen LogP contribution in [0, 0.1) is 24.1 Å². The molecule has 2 aromatic carbocycles. The van der Waals surface area contributed by atoms with Crippen LogP contribution in [0.25, 0.3) is 0 Å². The van der Waals surface area contributed by atoms with E-state index in [9.17, 15) is 24.3 Å². The fraction of sp³-hybridized carbons (Fsp3) is 0.464. The number of carbonyl (C=O) groups is 2. The number of amides is 2. The Morgan fingerprint density at radius 3 is 2.49 bits per heavy atom. The molecule has 0 radical (unpaired) electrons. The van der Waals surface area contributed by atoms with E-state index in [1.165, 1.54) is 6.07 Å². The van der Waals surface area contributed by atoms with Gasteiger partial charge in [-0.1, -0.05) is 30.3 Å². The van der Waals surface area contributed by atoms with Gasteiger partial charge in [0.1, 0.15) is 36.6 Å². The highest BCUT2D eigenvalue weighted by atomic mass is 19.1. The Labute approximate surface area is 217 Å². The van der Waals surface area contributed by atoms with Crippen molar-refractivity contribution >= 4 is 12.2 Å². The molecule has 0 aliphatic carbocycles. The molecule has 0 aromatic heterocycles. The zero-order chi connectivity index (χ0) is 27.0. The molecule has 4 rings (SSSR count). The van der Waals surface area contributed by atoms with Gasteiger partial charge in [-0.15, -0.1) is 0 Å². The van der Waals surface area contributed by atoms with Crippen LogP contribution in [-0.2, 0) is 11.3 Å². The Kier molecular flexibility index (Phi) is 7.27. The van der Waals surface area contributed by atoms with Gasteiger partial charge in [-0.3, -0.25) is 4.90 Å². The number of ether oxygens (including phenoxy) is 1. The minimum Gasteiger partial charge on any atom is -0.445 e. The lowest BCUT2D eigenvalue weighted by Gasteiger charge is -2.57. The molecule has 3 atom stereocenters.